The van der Waals surface area contributed by atoms with Crippen LogP contribution >= 0.6 is 0 Å². The van der Waals surface area contributed by atoms with Gasteiger partial charge in [0.05, 0.1) is 25.9 Å². The molecule has 1 spiro atoms. The van der Waals surface area contributed by atoms with Crippen molar-refractivity contribution in [3.8, 4) is 11.8 Å². The van der Waals surface area contributed by atoms with E-state index in [1.54, 1.807) is 18.9 Å². The molecule has 1 saturated heterocycles. The summed E-state index contributed by atoms with van der Waals surface area (Å²) in [4.78, 5) is 40.1. The van der Waals surface area contributed by atoms with Gasteiger partial charge in [-0.15, -0.1) is 5.92 Å². The second-order valence-electron chi connectivity index (χ2n) is 9.42. The van der Waals surface area contributed by atoms with Gasteiger partial charge in [-0.25, -0.2) is 4.79 Å². The molecule has 0 aromatic heterocycles. The molecule has 2 aliphatic rings. The van der Waals surface area contributed by atoms with Crippen LogP contribution in [-0.4, -0.2) is 69.9 Å². The van der Waals surface area contributed by atoms with Gasteiger partial charge in [-0.1, -0.05) is 5.92 Å². The molecule has 194 valence electrons. The lowest BCUT2D eigenvalue weighted by Gasteiger charge is -2.44. The maximum Gasteiger partial charge on any atom is 0.513 e. The number of benzene rings is 1. The molecule has 0 radical (unpaired) electrons. The van der Waals surface area contributed by atoms with Gasteiger partial charge in [0.15, 0.2) is 5.78 Å². The molecule has 8 nitrogen and oxygen atoms in total. The number of ether oxygens (including phenoxy) is 4. The molecule has 3 rings (SSSR count). The highest BCUT2D eigenvalue weighted by molar-refractivity contribution is 6.23. The smallest absolute Gasteiger partial charge is 0.437 e. The van der Waals surface area contributed by atoms with E-state index in [0.29, 0.717) is 63.3 Å². The Bertz CT molecular complexity index is 1080. The van der Waals surface area contributed by atoms with E-state index in [1.807, 2.05) is 26.0 Å². The number of ketones is 1. The Labute approximate surface area is 212 Å². The molecule has 1 aromatic carbocycles. The fraction of sp³-hybridized carbons (Fsp3) is 0.536. The van der Waals surface area contributed by atoms with Crippen molar-refractivity contribution >= 4 is 23.4 Å². The van der Waals surface area contributed by atoms with E-state index in [2.05, 4.69) is 11.8 Å². The molecule has 1 amide bonds. The average Bonchev–Trinajstić information content (AvgIpc) is 2.83. The summed E-state index contributed by atoms with van der Waals surface area (Å²) >= 11 is 0. The van der Waals surface area contributed by atoms with E-state index in [4.69, 9.17) is 18.9 Å². The lowest BCUT2D eigenvalue weighted by atomic mass is 9.66. The summed E-state index contributed by atoms with van der Waals surface area (Å²) in [7, 11) is 2.83. The van der Waals surface area contributed by atoms with E-state index >= 15 is 0 Å². The van der Waals surface area contributed by atoms with Crippen molar-refractivity contribution in [2.24, 2.45) is 5.41 Å². The number of carbonyl (C=O) groups is 3. The SMILES string of the molecule is CC#Cc1cc(C)c(C2=C(OC(=O)OC)CC3(CCN(C(=O)COCCOC)CC3)CC2=O)c(C)c1. The molecular formula is C28H35NO7. The first-order chi connectivity index (χ1) is 17.2. The quantitative estimate of drug-likeness (QED) is 0.321. The molecule has 1 aliphatic carbocycles. The van der Waals surface area contributed by atoms with Crippen LogP contribution in [0.4, 0.5) is 4.79 Å². The van der Waals surface area contributed by atoms with Crippen LogP contribution in [0.2, 0.25) is 0 Å². The molecule has 8 heteroatoms. The van der Waals surface area contributed by atoms with Crippen LogP contribution in [0, 0.1) is 31.1 Å². The zero-order valence-corrected chi connectivity index (χ0v) is 21.8. The van der Waals surface area contributed by atoms with Gasteiger partial charge in [0.25, 0.3) is 0 Å². The average molecular weight is 498 g/mol. The summed E-state index contributed by atoms with van der Waals surface area (Å²) in [5.74, 6) is 6.15. The first kappa shape index (κ1) is 27.4. The number of hydrogen-bond acceptors (Lipinski definition) is 7. The minimum absolute atomic E-state index is 0.00695. The van der Waals surface area contributed by atoms with Gasteiger partial charge in [0, 0.05) is 38.6 Å². The number of rotatable bonds is 7. The Hall–Kier alpha value is -3.15. The van der Waals surface area contributed by atoms with Gasteiger partial charge < -0.3 is 23.8 Å². The predicted octanol–water partition coefficient (Wildman–Crippen LogP) is 3.80. The Balaban J connectivity index is 1.86. The summed E-state index contributed by atoms with van der Waals surface area (Å²) < 4.78 is 20.7. The van der Waals surface area contributed by atoms with Crippen molar-refractivity contribution in [3.05, 3.63) is 40.1 Å². The zero-order chi connectivity index (χ0) is 26.3. The first-order valence-corrected chi connectivity index (χ1v) is 12.1. The van der Waals surface area contributed by atoms with Crippen molar-refractivity contribution in [1.82, 2.24) is 4.90 Å². The fourth-order valence-corrected chi connectivity index (χ4v) is 5.14. The minimum Gasteiger partial charge on any atom is -0.437 e. The van der Waals surface area contributed by atoms with Crippen molar-refractivity contribution < 1.29 is 33.3 Å². The lowest BCUT2D eigenvalue weighted by molar-refractivity contribution is -0.139. The third kappa shape index (κ3) is 6.34. The lowest BCUT2D eigenvalue weighted by Crippen LogP contribution is -2.46. The molecule has 0 saturated carbocycles. The number of aryl methyl sites for hydroxylation is 2. The number of allylic oxidation sites excluding steroid dienone is 2. The highest BCUT2D eigenvalue weighted by atomic mass is 16.7. The second kappa shape index (κ2) is 12.2. The number of methoxy groups -OCH3 is 2. The molecule has 0 atom stereocenters. The van der Waals surface area contributed by atoms with E-state index < -0.39 is 6.16 Å². The molecule has 1 aromatic rings. The molecule has 36 heavy (non-hydrogen) atoms. The van der Waals surface area contributed by atoms with Gasteiger partial charge >= 0.3 is 6.16 Å². The normalized spacial score (nSPS) is 17.0. The fourth-order valence-electron chi connectivity index (χ4n) is 5.14. The van der Waals surface area contributed by atoms with Crippen LogP contribution in [0.1, 0.15) is 54.9 Å². The van der Waals surface area contributed by atoms with E-state index in [1.165, 1.54) is 7.11 Å². The van der Waals surface area contributed by atoms with Gasteiger partial charge in [0.1, 0.15) is 12.4 Å². The third-order valence-electron chi connectivity index (χ3n) is 6.89. The van der Waals surface area contributed by atoms with Crippen molar-refractivity contribution in [3.63, 3.8) is 0 Å². The summed E-state index contributed by atoms with van der Waals surface area (Å²) in [6.45, 7) is 7.48. The molecule has 1 fully saturated rings. The van der Waals surface area contributed by atoms with E-state index in [0.717, 1.165) is 22.3 Å². The summed E-state index contributed by atoms with van der Waals surface area (Å²) in [5.41, 5.74) is 3.49. The number of hydrogen-bond donors (Lipinski definition) is 0. The second-order valence-corrected chi connectivity index (χ2v) is 9.42. The van der Waals surface area contributed by atoms with Crippen LogP contribution in [-0.2, 0) is 28.5 Å². The maximum atomic E-state index is 13.7. The number of piperidine rings is 1. The summed E-state index contributed by atoms with van der Waals surface area (Å²) in [6, 6.07) is 3.89. The highest BCUT2D eigenvalue weighted by Crippen LogP contribution is 2.48. The van der Waals surface area contributed by atoms with Gasteiger partial charge in [-0.05, 0) is 67.9 Å². The van der Waals surface area contributed by atoms with Crippen LogP contribution in [0.3, 0.4) is 0 Å². The molecule has 0 N–H and O–H groups in total. The number of carbonyl (C=O) groups excluding carboxylic acids is 3. The number of amides is 1. The Kier molecular flexibility index (Phi) is 9.30. The minimum atomic E-state index is -0.850. The predicted molar refractivity (Wildman–Crippen MR) is 134 cm³/mol. The standard InChI is InChI=1S/C28H35NO7/c1-6-7-21-14-19(2)25(20(3)15-21)26-22(30)16-28(17-23(26)36-27(32)34-5)8-10-29(11-9-28)24(31)18-35-13-12-33-4/h14-15H,8-13,16-18H2,1-5H3. The Morgan fingerprint density at radius 3 is 2.31 bits per heavy atom. The van der Waals surface area contributed by atoms with Crippen LogP contribution < -0.4 is 0 Å². The largest absolute Gasteiger partial charge is 0.513 e. The topological polar surface area (TPSA) is 91.4 Å². The Morgan fingerprint density at radius 2 is 1.72 bits per heavy atom. The molecule has 1 aliphatic heterocycles. The van der Waals surface area contributed by atoms with Crippen molar-refractivity contribution in [2.45, 2.75) is 46.5 Å². The molecule has 1 heterocycles. The van der Waals surface area contributed by atoms with Crippen LogP contribution in [0.5, 0.6) is 0 Å². The van der Waals surface area contributed by atoms with Crippen molar-refractivity contribution in [1.29, 1.82) is 0 Å². The summed E-state index contributed by atoms with van der Waals surface area (Å²) in [5, 5.41) is 0. The zero-order valence-electron chi connectivity index (χ0n) is 21.8. The third-order valence-corrected chi connectivity index (χ3v) is 6.89. The van der Waals surface area contributed by atoms with E-state index in [9.17, 15) is 14.4 Å². The number of nitrogens with zero attached hydrogens (tertiary/aromatic N) is 1. The highest BCUT2D eigenvalue weighted by Gasteiger charge is 2.44. The number of Topliss-reactive ketones (excluding diaryl/α,β-unsaturated/α-hetero) is 1. The van der Waals surface area contributed by atoms with E-state index in [-0.39, 0.29) is 23.7 Å². The monoisotopic (exact) mass is 497 g/mol. The first-order valence-electron chi connectivity index (χ1n) is 12.1. The van der Waals surface area contributed by atoms with Crippen LogP contribution in [0.15, 0.2) is 17.9 Å². The van der Waals surface area contributed by atoms with Crippen molar-refractivity contribution in [2.75, 3.05) is 47.1 Å². The molecular weight excluding hydrogens is 462 g/mol. The molecule has 0 bridgehead atoms. The maximum absolute atomic E-state index is 13.7. The van der Waals surface area contributed by atoms with Gasteiger partial charge in [-0.3, -0.25) is 9.59 Å². The molecule has 0 unspecified atom stereocenters. The van der Waals surface area contributed by atoms with Crippen LogP contribution in [0.25, 0.3) is 5.57 Å². The summed E-state index contributed by atoms with van der Waals surface area (Å²) in [6.07, 6.45) is 1.17. The Morgan fingerprint density at radius 1 is 1.06 bits per heavy atom. The van der Waals surface area contributed by atoms with Gasteiger partial charge in [0.2, 0.25) is 5.91 Å². The van der Waals surface area contributed by atoms with Gasteiger partial charge in [-0.2, -0.15) is 0 Å². The number of likely N-dealkylation sites (tertiary alicyclic amines) is 1.